The van der Waals surface area contributed by atoms with E-state index in [1.165, 1.54) is 4.88 Å². The first kappa shape index (κ1) is 25.4. The number of benzene rings is 1. The maximum Gasteiger partial charge on any atom is 0.318 e. The molecule has 3 rings (SSSR count). The first-order valence-electron chi connectivity index (χ1n) is 11.5. The Kier molecular flexibility index (Phi) is 8.65. The molecule has 0 saturated carbocycles. The highest BCUT2D eigenvalue weighted by Gasteiger charge is 2.34. The van der Waals surface area contributed by atoms with Gasteiger partial charge in [-0.1, -0.05) is 18.5 Å². The maximum absolute atomic E-state index is 13.5. The lowest BCUT2D eigenvalue weighted by atomic mass is 10.00. The Morgan fingerprint density at radius 3 is 2.73 bits per heavy atom. The number of thiophene rings is 1. The summed E-state index contributed by atoms with van der Waals surface area (Å²) in [4.78, 5) is 31.1. The summed E-state index contributed by atoms with van der Waals surface area (Å²) in [6.45, 7) is 10.8. The van der Waals surface area contributed by atoms with Crippen LogP contribution >= 0.6 is 22.9 Å². The van der Waals surface area contributed by atoms with Crippen LogP contribution in [0, 0.1) is 6.92 Å². The smallest absolute Gasteiger partial charge is 0.318 e. The van der Waals surface area contributed by atoms with Gasteiger partial charge in [0.1, 0.15) is 18.9 Å². The van der Waals surface area contributed by atoms with Crippen molar-refractivity contribution in [3.63, 3.8) is 0 Å². The summed E-state index contributed by atoms with van der Waals surface area (Å²) < 4.78 is 6.12. The quantitative estimate of drug-likeness (QED) is 0.535. The summed E-state index contributed by atoms with van der Waals surface area (Å²) in [5.41, 5.74) is 2.08. The molecule has 180 valence electrons. The largest absolute Gasteiger partial charge is 0.491 e. The monoisotopic (exact) mass is 491 g/mol. The van der Waals surface area contributed by atoms with Gasteiger partial charge in [-0.2, -0.15) is 0 Å². The van der Waals surface area contributed by atoms with Crippen LogP contribution in [-0.2, 0) is 11.2 Å². The van der Waals surface area contributed by atoms with Gasteiger partial charge in [0.15, 0.2) is 0 Å². The van der Waals surface area contributed by atoms with Crippen molar-refractivity contribution in [3.05, 3.63) is 50.7 Å². The van der Waals surface area contributed by atoms with Gasteiger partial charge in [-0.25, -0.2) is 4.79 Å². The normalized spacial score (nSPS) is 16.3. The van der Waals surface area contributed by atoms with Crippen LogP contribution in [0.2, 0.25) is 5.02 Å². The lowest BCUT2D eigenvalue weighted by molar-refractivity contribution is -0.136. The third-order valence-corrected chi connectivity index (χ3v) is 7.47. The number of amides is 3. The number of aryl methyl sites for hydroxylation is 1. The Labute approximate surface area is 205 Å². The lowest BCUT2D eigenvalue weighted by Gasteiger charge is -2.38. The molecule has 0 fully saturated rings. The first-order valence-corrected chi connectivity index (χ1v) is 12.8. The number of ether oxygens (including phenoxy) is 1. The summed E-state index contributed by atoms with van der Waals surface area (Å²) in [7, 11) is 0. The van der Waals surface area contributed by atoms with E-state index in [2.05, 4.69) is 16.8 Å². The summed E-state index contributed by atoms with van der Waals surface area (Å²) in [6.07, 6.45) is 1.59. The molecule has 0 bridgehead atoms. The molecule has 0 aliphatic carbocycles. The number of rotatable bonds is 8. The Morgan fingerprint density at radius 2 is 2.06 bits per heavy atom. The number of fused-ring (bicyclic) bond motifs is 1. The van der Waals surface area contributed by atoms with Gasteiger partial charge in [-0.05, 0) is 81.3 Å². The second kappa shape index (κ2) is 11.3. The van der Waals surface area contributed by atoms with Crippen molar-refractivity contribution in [2.75, 3.05) is 19.7 Å². The first-order chi connectivity index (χ1) is 15.7. The molecule has 0 unspecified atom stereocenters. The predicted molar refractivity (Wildman–Crippen MR) is 134 cm³/mol. The molecule has 0 saturated heterocycles. The van der Waals surface area contributed by atoms with E-state index in [1.807, 2.05) is 57.7 Å². The molecule has 2 heterocycles. The van der Waals surface area contributed by atoms with Gasteiger partial charge >= 0.3 is 6.03 Å². The van der Waals surface area contributed by atoms with Crippen molar-refractivity contribution in [3.8, 4) is 5.75 Å². The van der Waals surface area contributed by atoms with E-state index in [-0.39, 0.29) is 36.6 Å². The van der Waals surface area contributed by atoms with Gasteiger partial charge in [0.25, 0.3) is 0 Å². The molecule has 2 atom stereocenters. The van der Waals surface area contributed by atoms with Gasteiger partial charge < -0.3 is 19.9 Å². The Balaban J connectivity index is 1.79. The molecule has 1 aliphatic rings. The number of hydrogen-bond donors (Lipinski definition) is 1. The van der Waals surface area contributed by atoms with Gasteiger partial charge in [0.2, 0.25) is 5.91 Å². The zero-order valence-corrected chi connectivity index (χ0v) is 21.6. The fourth-order valence-corrected chi connectivity index (χ4v) is 5.02. The van der Waals surface area contributed by atoms with E-state index in [0.29, 0.717) is 18.2 Å². The SMILES string of the molecule is CC[C@H](C)N(CC(=O)N1CCc2sccc2[C@H]1COc1ccc(Cl)c(C)c1)C(=O)NC(C)C. The zero-order chi connectivity index (χ0) is 24.1. The summed E-state index contributed by atoms with van der Waals surface area (Å²) in [5, 5.41) is 5.69. The minimum absolute atomic E-state index is 0.00601. The van der Waals surface area contributed by atoms with E-state index in [9.17, 15) is 9.59 Å². The van der Waals surface area contributed by atoms with Crippen molar-refractivity contribution in [2.45, 2.75) is 65.6 Å². The second-order valence-electron chi connectivity index (χ2n) is 8.86. The van der Waals surface area contributed by atoms with Crippen molar-refractivity contribution >= 4 is 34.9 Å². The summed E-state index contributed by atoms with van der Waals surface area (Å²) in [6, 6.07) is 7.22. The molecule has 33 heavy (non-hydrogen) atoms. The lowest BCUT2D eigenvalue weighted by Crippen LogP contribution is -2.53. The Bertz CT molecular complexity index is 978. The van der Waals surface area contributed by atoms with E-state index in [1.54, 1.807) is 16.2 Å². The summed E-state index contributed by atoms with van der Waals surface area (Å²) in [5.74, 6) is 0.663. The van der Waals surface area contributed by atoms with Gasteiger partial charge in [0, 0.05) is 28.5 Å². The molecule has 3 amide bonds. The topological polar surface area (TPSA) is 61.9 Å². The number of carbonyl (C=O) groups is 2. The molecule has 1 N–H and O–H groups in total. The fraction of sp³-hybridized carbons (Fsp3) is 0.520. The number of nitrogens with one attached hydrogen (secondary N) is 1. The van der Waals surface area contributed by atoms with Crippen molar-refractivity contribution < 1.29 is 14.3 Å². The maximum atomic E-state index is 13.5. The number of urea groups is 1. The highest BCUT2D eigenvalue weighted by atomic mass is 35.5. The number of hydrogen-bond acceptors (Lipinski definition) is 4. The number of nitrogens with zero attached hydrogens (tertiary/aromatic N) is 2. The summed E-state index contributed by atoms with van der Waals surface area (Å²) >= 11 is 7.86. The van der Waals surface area contributed by atoms with Crippen molar-refractivity contribution in [1.82, 2.24) is 15.1 Å². The third kappa shape index (κ3) is 6.21. The minimum Gasteiger partial charge on any atom is -0.491 e. The van der Waals surface area contributed by atoms with E-state index >= 15 is 0 Å². The number of halogens is 1. The van der Waals surface area contributed by atoms with Crippen LogP contribution in [-0.4, -0.2) is 53.5 Å². The molecule has 1 aliphatic heterocycles. The molecule has 2 aromatic rings. The molecule has 6 nitrogen and oxygen atoms in total. The molecular formula is C25H34ClN3O3S. The van der Waals surface area contributed by atoms with Crippen LogP contribution in [0.15, 0.2) is 29.6 Å². The Hall–Kier alpha value is -2.25. The van der Waals surface area contributed by atoms with Crippen LogP contribution in [0.4, 0.5) is 4.79 Å². The van der Waals surface area contributed by atoms with E-state index in [4.69, 9.17) is 16.3 Å². The van der Waals surface area contributed by atoms with E-state index < -0.39 is 0 Å². The fourth-order valence-electron chi connectivity index (χ4n) is 3.97. The van der Waals surface area contributed by atoms with E-state index in [0.717, 1.165) is 29.7 Å². The highest BCUT2D eigenvalue weighted by molar-refractivity contribution is 7.10. The van der Waals surface area contributed by atoms with Gasteiger partial charge in [0.05, 0.1) is 6.04 Å². The van der Waals surface area contributed by atoms with Crippen molar-refractivity contribution in [2.24, 2.45) is 0 Å². The van der Waals surface area contributed by atoms with Gasteiger partial charge in [-0.15, -0.1) is 11.3 Å². The Morgan fingerprint density at radius 1 is 1.30 bits per heavy atom. The van der Waals surface area contributed by atoms with Crippen LogP contribution in [0.25, 0.3) is 0 Å². The van der Waals surface area contributed by atoms with Crippen LogP contribution < -0.4 is 10.1 Å². The minimum atomic E-state index is -0.203. The van der Waals surface area contributed by atoms with Gasteiger partial charge in [-0.3, -0.25) is 4.79 Å². The molecule has 0 radical (unpaired) electrons. The van der Waals surface area contributed by atoms with Crippen LogP contribution in [0.3, 0.4) is 0 Å². The molecule has 8 heteroatoms. The second-order valence-corrected chi connectivity index (χ2v) is 10.3. The third-order valence-electron chi connectivity index (χ3n) is 6.05. The molecule has 1 aromatic carbocycles. The average molecular weight is 492 g/mol. The molecule has 1 aromatic heterocycles. The zero-order valence-electron chi connectivity index (χ0n) is 20.1. The average Bonchev–Trinajstić information content (AvgIpc) is 3.26. The van der Waals surface area contributed by atoms with Crippen LogP contribution in [0.1, 0.15) is 56.2 Å². The van der Waals surface area contributed by atoms with Crippen molar-refractivity contribution in [1.29, 1.82) is 0 Å². The predicted octanol–water partition coefficient (Wildman–Crippen LogP) is 5.43. The number of carbonyl (C=O) groups excluding carboxylic acids is 2. The molecular weight excluding hydrogens is 458 g/mol. The standard InChI is InChI=1S/C25H34ClN3O3S/c1-6-18(5)29(25(31)27-16(2)3)14-24(30)28-11-9-23-20(10-12-33-23)22(28)15-32-19-7-8-21(26)17(4)13-19/h7-8,10,12-13,16,18,22H,6,9,11,14-15H2,1-5H3,(H,27,31)/t18-,22+/m0/s1. The molecule has 0 spiro atoms. The van der Waals surface area contributed by atoms with Crippen LogP contribution in [0.5, 0.6) is 5.75 Å². The highest BCUT2D eigenvalue weighted by Crippen LogP contribution is 2.34.